The monoisotopic (exact) mass is 230 g/mol. The molecule has 2 rings (SSSR count). The van der Waals surface area contributed by atoms with Crippen LogP contribution in [0.4, 0.5) is 5.82 Å². The molecule has 0 aliphatic heterocycles. The first-order valence-corrected chi connectivity index (χ1v) is 5.40. The Morgan fingerprint density at radius 2 is 2.24 bits per heavy atom. The van der Waals surface area contributed by atoms with Gasteiger partial charge in [0.15, 0.2) is 0 Å². The van der Waals surface area contributed by atoms with Gasteiger partial charge in [0.25, 0.3) is 5.56 Å². The zero-order valence-electron chi connectivity index (χ0n) is 9.77. The van der Waals surface area contributed by atoms with Crippen molar-refractivity contribution in [3.63, 3.8) is 0 Å². The number of aromatic amines is 1. The first-order chi connectivity index (χ1) is 8.15. The van der Waals surface area contributed by atoms with Crippen LogP contribution in [-0.4, -0.2) is 15.0 Å². The summed E-state index contributed by atoms with van der Waals surface area (Å²) < 4.78 is 0. The molecule has 88 valence electrons. The average Bonchev–Trinajstić information content (AvgIpc) is 2.28. The number of hydrogen-bond donors (Lipinski definition) is 2. The first kappa shape index (κ1) is 11.3. The predicted molar refractivity (Wildman–Crippen MR) is 65.9 cm³/mol. The van der Waals surface area contributed by atoms with Gasteiger partial charge < -0.3 is 10.3 Å². The van der Waals surface area contributed by atoms with Gasteiger partial charge in [0.2, 0.25) is 0 Å². The maximum absolute atomic E-state index is 11.3. The van der Waals surface area contributed by atoms with Crippen molar-refractivity contribution in [3.8, 4) is 0 Å². The van der Waals surface area contributed by atoms with E-state index >= 15 is 0 Å². The minimum absolute atomic E-state index is 0.00454. The Kier molecular flexibility index (Phi) is 3.18. The molecule has 0 aromatic carbocycles. The second-order valence-corrected chi connectivity index (χ2v) is 3.84. The lowest BCUT2D eigenvalue weighted by Gasteiger charge is -2.13. The van der Waals surface area contributed by atoms with E-state index in [0.717, 1.165) is 5.69 Å². The van der Waals surface area contributed by atoms with Crippen LogP contribution in [0.2, 0.25) is 0 Å². The molecular formula is C12H14N4O. The number of aryl methyl sites for hydroxylation is 1. The zero-order chi connectivity index (χ0) is 12.3. The Hall–Kier alpha value is -2.17. The van der Waals surface area contributed by atoms with E-state index < -0.39 is 0 Å². The minimum atomic E-state index is -0.159. The van der Waals surface area contributed by atoms with Crippen molar-refractivity contribution in [2.75, 3.05) is 5.32 Å². The van der Waals surface area contributed by atoms with Gasteiger partial charge in [-0.1, -0.05) is 6.07 Å². The van der Waals surface area contributed by atoms with Gasteiger partial charge in [-0.2, -0.15) is 0 Å². The average molecular weight is 230 g/mol. The molecule has 2 aromatic rings. The lowest BCUT2D eigenvalue weighted by molar-refractivity contribution is 0.825. The van der Waals surface area contributed by atoms with E-state index in [1.165, 1.54) is 6.07 Å². The smallest absolute Gasteiger partial charge is 0.252 e. The molecule has 0 saturated heterocycles. The SMILES string of the molecule is Cc1nc(NC(C)c2ccccn2)cc(=O)[nH]1. The normalized spacial score (nSPS) is 12.1. The first-order valence-electron chi connectivity index (χ1n) is 5.40. The van der Waals surface area contributed by atoms with E-state index in [-0.39, 0.29) is 11.6 Å². The fourth-order valence-electron chi connectivity index (χ4n) is 1.58. The molecule has 2 aromatic heterocycles. The van der Waals surface area contributed by atoms with E-state index in [2.05, 4.69) is 20.3 Å². The van der Waals surface area contributed by atoms with Crippen molar-refractivity contribution < 1.29 is 0 Å². The Balaban J connectivity index is 2.18. The molecule has 0 saturated carbocycles. The molecule has 0 aliphatic carbocycles. The van der Waals surface area contributed by atoms with Gasteiger partial charge in [-0.25, -0.2) is 4.98 Å². The second-order valence-electron chi connectivity index (χ2n) is 3.84. The number of anilines is 1. The van der Waals surface area contributed by atoms with Crippen LogP contribution >= 0.6 is 0 Å². The van der Waals surface area contributed by atoms with Crippen LogP contribution < -0.4 is 10.9 Å². The number of hydrogen-bond acceptors (Lipinski definition) is 4. The standard InChI is InChI=1S/C12H14N4O/c1-8(10-5-3-4-6-13-10)14-11-7-12(17)16-9(2)15-11/h3-8H,1-2H3,(H2,14,15,16,17). The topological polar surface area (TPSA) is 70.7 Å². The molecule has 17 heavy (non-hydrogen) atoms. The molecule has 2 N–H and O–H groups in total. The molecule has 0 bridgehead atoms. The highest BCUT2D eigenvalue weighted by Crippen LogP contribution is 2.13. The highest BCUT2D eigenvalue weighted by Gasteiger charge is 2.07. The third kappa shape index (κ3) is 2.90. The maximum atomic E-state index is 11.3. The van der Waals surface area contributed by atoms with Crippen molar-refractivity contribution in [3.05, 3.63) is 52.3 Å². The molecule has 0 aliphatic rings. The van der Waals surface area contributed by atoms with E-state index in [4.69, 9.17) is 0 Å². The summed E-state index contributed by atoms with van der Waals surface area (Å²) in [7, 11) is 0. The van der Waals surface area contributed by atoms with Gasteiger partial charge in [-0.15, -0.1) is 0 Å². The number of aromatic nitrogens is 3. The van der Waals surface area contributed by atoms with Gasteiger partial charge in [0, 0.05) is 12.3 Å². The van der Waals surface area contributed by atoms with Crippen LogP contribution in [-0.2, 0) is 0 Å². The van der Waals surface area contributed by atoms with Gasteiger partial charge in [-0.05, 0) is 26.0 Å². The van der Waals surface area contributed by atoms with Crippen LogP contribution in [0.3, 0.4) is 0 Å². The van der Waals surface area contributed by atoms with Crippen LogP contribution in [0.25, 0.3) is 0 Å². The number of nitrogens with one attached hydrogen (secondary N) is 2. The molecule has 5 nitrogen and oxygen atoms in total. The van der Waals surface area contributed by atoms with E-state index in [9.17, 15) is 4.79 Å². The van der Waals surface area contributed by atoms with Gasteiger partial charge >= 0.3 is 0 Å². The summed E-state index contributed by atoms with van der Waals surface area (Å²) in [6.07, 6.45) is 1.74. The van der Waals surface area contributed by atoms with Crippen LogP contribution in [0.1, 0.15) is 24.5 Å². The summed E-state index contributed by atoms with van der Waals surface area (Å²) in [5.74, 6) is 1.15. The number of pyridine rings is 1. The number of nitrogens with zero attached hydrogens (tertiary/aromatic N) is 2. The lowest BCUT2D eigenvalue weighted by Crippen LogP contribution is -2.14. The predicted octanol–water partition coefficient (Wildman–Crippen LogP) is 1.65. The van der Waals surface area contributed by atoms with Crippen molar-refractivity contribution >= 4 is 5.82 Å². The van der Waals surface area contributed by atoms with Gasteiger partial charge in [0.1, 0.15) is 11.6 Å². The molecule has 1 unspecified atom stereocenters. The zero-order valence-corrected chi connectivity index (χ0v) is 9.77. The number of rotatable bonds is 3. The van der Waals surface area contributed by atoms with Crippen LogP contribution in [0.15, 0.2) is 35.3 Å². The molecule has 0 fully saturated rings. The molecule has 1 atom stereocenters. The van der Waals surface area contributed by atoms with Crippen LogP contribution in [0.5, 0.6) is 0 Å². The molecular weight excluding hydrogens is 216 g/mol. The largest absolute Gasteiger partial charge is 0.362 e. The molecule has 2 heterocycles. The summed E-state index contributed by atoms with van der Waals surface area (Å²) in [5.41, 5.74) is 0.750. The summed E-state index contributed by atoms with van der Waals surface area (Å²) in [6.45, 7) is 3.72. The van der Waals surface area contributed by atoms with E-state index in [1.807, 2.05) is 25.1 Å². The van der Waals surface area contributed by atoms with Crippen molar-refractivity contribution in [2.45, 2.75) is 19.9 Å². The quantitative estimate of drug-likeness (QED) is 0.841. The summed E-state index contributed by atoms with van der Waals surface area (Å²) >= 11 is 0. The van der Waals surface area contributed by atoms with Crippen molar-refractivity contribution in [2.24, 2.45) is 0 Å². The van der Waals surface area contributed by atoms with Crippen LogP contribution in [0, 0.1) is 6.92 Å². The summed E-state index contributed by atoms with van der Waals surface area (Å²) in [6, 6.07) is 7.16. The second kappa shape index (κ2) is 4.78. The van der Waals surface area contributed by atoms with Gasteiger partial charge in [-0.3, -0.25) is 9.78 Å². The fourth-order valence-corrected chi connectivity index (χ4v) is 1.58. The highest BCUT2D eigenvalue weighted by molar-refractivity contribution is 5.35. The fraction of sp³-hybridized carbons (Fsp3) is 0.250. The summed E-state index contributed by atoms with van der Waals surface area (Å²) in [5, 5.41) is 3.15. The Morgan fingerprint density at radius 3 is 2.88 bits per heavy atom. The lowest BCUT2D eigenvalue weighted by atomic mass is 10.2. The van der Waals surface area contributed by atoms with Crippen molar-refractivity contribution in [1.82, 2.24) is 15.0 Å². The van der Waals surface area contributed by atoms with Crippen molar-refractivity contribution in [1.29, 1.82) is 0 Å². The molecule has 0 radical (unpaired) electrons. The third-order valence-corrected chi connectivity index (χ3v) is 2.36. The third-order valence-electron chi connectivity index (χ3n) is 2.36. The van der Waals surface area contributed by atoms with E-state index in [1.54, 1.807) is 13.1 Å². The Morgan fingerprint density at radius 1 is 1.41 bits per heavy atom. The molecule has 0 spiro atoms. The van der Waals surface area contributed by atoms with Gasteiger partial charge in [0.05, 0.1) is 11.7 Å². The van der Waals surface area contributed by atoms with E-state index in [0.29, 0.717) is 11.6 Å². The number of H-pyrrole nitrogens is 1. The molecule has 5 heteroatoms. The Bertz CT molecular complexity index is 550. The maximum Gasteiger partial charge on any atom is 0.252 e. The highest BCUT2D eigenvalue weighted by atomic mass is 16.1. The molecule has 0 amide bonds. The minimum Gasteiger partial charge on any atom is -0.362 e. The Labute approximate surface area is 99.0 Å². The summed E-state index contributed by atoms with van der Waals surface area (Å²) in [4.78, 5) is 22.3.